The third-order valence-corrected chi connectivity index (χ3v) is 1.47. The maximum absolute atomic E-state index is 10.3. The first-order valence-electron chi connectivity index (χ1n) is 5.05. The zero-order valence-corrected chi connectivity index (χ0v) is 11.1. The highest BCUT2D eigenvalue weighted by Crippen LogP contribution is 2.15. The number of aliphatic carboxylic acids is 5. The molecule has 23 heavy (non-hydrogen) atoms. The van der Waals surface area contributed by atoms with E-state index in [1.807, 2.05) is 0 Å². The van der Waals surface area contributed by atoms with E-state index in [2.05, 4.69) is 0 Å². The third-order valence-electron chi connectivity index (χ3n) is 1.47. The Morgan fingerprint density at radius 2 is 0.913 bits per heavy atom. The van der Waals surface area contributed by atoms with Crippen LogP contribution >= 0.6 is 0 Å². The van der Waals surface area contributed by atoms with Crippen LogP contribution in [-0.4, -0.2) is 88.5 Å². The lowest BCUT2D eigenvalue weighted by atomic mass is 9.96. The number of aliphatic hydroxyl groups is 1. The molecule has 0 atom stereocenters. The van der Waals surface area contributed by atoms with Crippen LogP contribution in [0.4, 0.5) is 0 Å². The minimum absolute atomic E-state index is 1.14. The highest BCUT2D eigenvalue weighted by Gasteiger charge is 2.40. The van der Waals surface area contributed by atoms with Crippen molar-refractivity contribution in [2.45, 2.75) is 18.4 Å². The summed E-state index contributed by atoms with van der Waals surface area (Å²) in [4.78, 5) is 48.7. The van der Waals surface area contributed by atoms with Gasteiger partial charge in [0.1, 0.15) is 0 Å². The van der Waals surface area contributed by atoms with Gasteiger partial charge in [0, 0.05) is 0 Å². The molecule has 0 fully saturated rings. The Labute approximate surface area is 126 Å². The third kappa shape index (κ3) is 19.3. The fourth-order valence-corrected chi connectivity index (χ4v) is 0.714. The number of rotatable bonds is 5. The molecule has 0 aliphatic heterocycles. The van der Waals surface area contributed by atoms with Crippen molar-refractivity contribution in [3.63, 3.8) is 0 Å². The standard InChI is InChI=1S/C6H8O7.C2H2O4.BH3O3/c7-3(8)1-6(13,5(11)12)2-4(9)10;3-1(4)2(5)6;2-1(3)4/h13H,1-2H2,(H,7,8)(H,9,10)(H,11,12);(H,3,4)(H,5,6);2-4H. The van der Waals surface area contributed by atoms with Crippen molar-refractivity contribution in [1.82, 2.24) is 0 Å². The van der Waals surface area contributed by atoms with Crippen molar-refractivity contribution in [2.24, 2.45) is 0 Å². The highest BCUT2D eigenvalue weighted by molar-refractivity contribution is 6.30. The lowest BCUT2D eigenvalue weighted by Gasteiger charge is -2.18. The van der Waals surface area contributed by atoms with Crippen LogP contribution in [0.1, 0.15) is 12.8 Å². The highest BCUT2D eigenvalue weighted by atomic mass is 16.5. The fourth-order valence-electron chi connectivity index (χ4n) is 0.714. The average Bonchev–Trinajstić information content (AvgIpc) is 2.25. The van der Waals surface area contributed by atoms with Crippen LogP contribution in [-0.2, 0) is 24.0 Å². The zero-order chi connectivity index (χ0) is 19.4. The van der Waals surface area contributed by atoms with E-state index < -0.39 is 55.6 Å². The maximum Gasteiger partial charge on any atom is 0.631 e. The first-order valence-corrected chi connectivity index (χ1v) is 5.05. The second kappa shape index (κ2) is 11.9. The van der Waals surface area contributed by atoms with E-state index in [1.54, 1.807) is 0 Å². The molecule has 0 spiro atoms. The second-order valence-corrected chi connectivity index (χ2v) is 3.43. The minimum Gasteiger partial charge on any atom is -0.481 e. The zero-order valence-electron chi connectivity index (χ0n) is 11.1. The van der Waals surface area contributed by atoms with Crippen LogP contribution in [0, 0.1) is 0 Å². The molecule has 0 rings (SSSR count). The molecule has 15 heteroatoms. The van der Waals surface area contributed by atoms with E-state index in [0.29, 0.717) is 0 Å². The summed E-state index contributed by atoms with van der Waals surface area (Å²) >= 11 is 0. The predicted octanol–water partition coefficient (Wildman–Crippen LogP) is -4.14. The largest absolute Gasteiger partial charge is 0.631 e. The van der Waals surface area contributed by atoms with Crippen LogP contribution in [0.3, 0.4) is 0 Å². The quantitative estimate of drug-likeness (QED) is 0.169. The Hall–Kier alpha value is -2.75. The second-order valence-electron chi connectivity index (χ2n) is 3.43. The number of carboxylic acids is 5. The van der Waals surface area contributed by atoms with Gasteiger partial charge in [-0.05, 0) is 0 Å². The van der Waals surface area contributed by atoms with E-state index in [9.17, 15) is 14.4 Å². The normalized spacial score (nSPS) is 9.22. The van der Waals surface area contributed by atoms with Gasteiger partial charge in [0.2, 0.25) is 0 Å². The number of carboxylic acid groups (broad SMARTS) is 5. The molecule has 0 amide bonds. The summed E-state index contributed by atoms with van der Waals surface area (Å²) in [6.45, 7) is 0. The van der Waals surface area contributed by atoms with Crippen molar-refractivity contribution in [1.29, 1.82) is 0 Å². The van der Waals surface area contributed by atoms with E-state index in [4.69, 9.17) is 55.3 Å². The first-order chi connectivity index (χ1) is 10.2. The first kappa shape index (κ1) is 25.2. The van der Waals surface area contributed by atoms with Gasteiger partial charge in [-0.3, -0.25) is 9.59 Å². The van der Waals surface area contributed by atoms with Crippen molar-refractivity contribution in [3.05, 3.63) is 0 Å². The van der Waals surface area contributed by atoms with Gasteiger partial charge >= 0.3 is 37.2 Å². The van der Waals surface area contributed by atoms with Gasteiger partial charge in [0.15, 0.2) is 5.60 Å². The lowest BCUT2D eigenvalue weighted by molar-refractivity contribution is -0.170. The summed E-state index contributed by atoms with van der Waals surface area (Å²) in [5.41, 5.74) is -2.74. The smallest absolute Gasteiger partial charge is 0.481 e. The molecule has 14 nitrogen and oxygen atoms in total. The Kier molecular flexibility index (Phi) is 13.0. The van der Waals surface area contributed by atoms with E-state index in [-0.39, 0.29) is 0 Å². The van der Waals surface area contributed by atoms with Crippen molar-refractivity contribution >= 4 is 37.2 Å². The molecule has 0 aromatic heterocycles. The van der Waals surface area contributed by atoms with Crippen LogP contribution in [0.25, 0.3) is 0 Å². The van der Waals surface area contributed by atoms with Gasteiger partial charge in [-0.25, -0.2) is 14.4 Å². The summed E-state index contributed by atoms with van der Waals surface area (Å²) in [6.07, 6.45) is -2.29. The molecule has 0 bridgehead atoms. The Morgan fingerprint density at radius 1 is 0.696 bits per heavy atom. The molecule has 0 aliphatic rings. The maximum atomic E-state index is 10.3. The lowest BCUT2D eigenvalue weighted by Crippen LogP contribution is -2.42. The van der Waals surface area contributed by atoms with Crippen molar-refractivity contribution in [3.8, 4) is 0 Å². The summed E-state index contributed by atoms with van der Waals surface area (Å²) in [7, 11) is -2.17. The topological polar surface area (TPSA) is 267 Å². The Bertz CT molecular complexity index is 411. The van der Waals surface area contributed by atoms with Crippen LogP contribution in [0.15, 0.2) is 0 Å². The van der Waals surface area contributed by atoms with E-state index >= 15 is 0 Å². The van der Waals surface area contributed by atoms with Gasteiger partial charge in [0.05, 0.1) is 12.8 Å². The van der Waals surface area contributed by atoms with Gasteiger partial charge in [-0.15, -0.1) is 0 Å². The van der Waals surface area contributed by atoms with Crippen molar-refractivity contribution in [2.75, 3.05) is 0 Å². The van der Waals surface area contributed by atoms with Gasteiger partial charge < -0.3 is 45.7 Å². The molecule has 0 aromatic carbocycles. The summed E-state index contributed by atoms with van der Waals surface area (Å²) in [5.74, 6) is -8.67. The van der Waals surface area contributed by atoms with Gasteiger partial charge in [0.25, 0.3) is 0 Å². The SMILES string of the molecule is O=C(O)C(=O)O.O=C(O)CC(O)(CC(=O)O)C(=O)O.OB(O)O. The molecular formula is C8H13BO14. The predicted molar refractivity (Wildman–Crippen MR) is 64.8 cm³/mol. The van der Waals surface area contributed by atoms with E-state index in [0.717, 1.165) is 0 Å². The Balaban J connectivity index is -0.000000330. The Morgan fingerprint density at radius 3 is 1.00 bits per heavy atom. The van der Waals surface area contributed by atoms with E-state index in [1.165, 1.54) is 0 Å². The number of hydrogen-bond acceptors (Lipinski definition) is 9. The molecular weight excluding hydrogens is 331 g/mol. The molecule has 0 aromatic rings. The molecule has 132 valence electrons. The molecule has 0 radical (unpaired) electrons. The summed E-state index contributed by atoms with van der Waals surface area (Å²) in [5, 5.41) is 70.1. The van der Waals surface area contributed by atoms with Crippen LogP contribution in [0.5, 0.6) is 0 Å². The number of hydrogen-bond donors (Lipinski definition) is 9. The van der Waals surface area contributed by atoms with Crippen LogP contribution in [0.2, 0.25) is 0 Å². The fraction of sp³-hybridized carbons (Fsp3) is 0.375. The minimum atomic E-state index is -2.74. The molecule has 0 saturated carbocycles. The average molecular weight is 344 g/mol. The summed E-state index contributed by atoms with van der Waals surface area (Å²) in [6, 6.07) is 0. The van der Waals surface area contributed by atoms with Crippen molar-refractivity contribution < 1.29 is 69.7 Å². The molecule has 0 aliphatic carbocycles. The van der Waals surface area contributed by atoms with Gasteiger partial charge in [-0.2, -0.15) is 0 Å². The molecule has 0 unspecified atom stereocenters. The molecule has 0 saturated heterocycles. The van der Waals surface area contributed by atoms with Crippen LogP contribution < -0.4 is 0 Å². The molecule has 0 heterocycles. The number of carbonyl (C=O) groups is 5. The monoisotopic (exact) mass is 344 g/mol. The summed E-state index contributed by atoms with van der Waals surface area (Å²) < 4.78 is 0. The van der Waals surface area contributed by atoms with Gasteiger partial charge in [-0.1, -0.05) is 0 Å². The molecule has 9 N–H and O–H groups in total.